The second-order valence-electron chi connectivity index (χ2n) is 3.61. The van der Waals surface area contributed by atoms with Gasteiger partial charge in [0.15, 0.2) is 0 Å². The predicted molar refractivity (Wildman–Crippen MR) is 51.3 cm³/mol. The Labute approximate surface area is 92.5 Å². The smallest absolute Gasteiger partial charge is 0.413 e. The Kier molecular flexibility index (Phi) is 17.9. The normalized spacial score (nSPS) is 9.50. The summed E-state index contributed by atoms with van der Waals surface area (Å²) in [6.45, 7) is 16.9. The Bertz CT molecular complexity index is 66.7. The number of hydrogen-bond donors (Lipinski definition) is 0. The maximum Gasteiger partial charge on any atom is 2.00 e. The molecular formula is C10H22OW. The molecule has 12 heavy (non-hydrogen) atoms. The van der Waals surface area contributed by atoms with Crippen molar-refractivity contribution in [3.05, 3.63) is 13.8 Å². The van der Waals surface area contributed by atoms with Crippen LogP contribution in [0.1, 0.15) is 34.1 Å². The largest absolute Gasteiger partial charge is 2.00 e. The molecule has 0 amide bonds. The molecular weight excluding hydrogens is 320 g/mol. The molecule has 0 unspecified atom stereocenters. The van der Waals surface area contributed by atoms with E-state index in [1.165, 1.54) is 0 Å². The molecule has 0 radical (unpaired) electrons. The van der Waals surface area contributed by atoms with Crippen molar-refractivity contribution in [3.8, 4) is 0 Å². The molecule has 1 nitrogen and oxygen atoms in total. The molecule has 0 saturated heterocycles. The van der Waals surface area contributed by atoms with Gasteiger partial charge in [0.2, 0.25) is 0 Å². The van der Waals surface area contributed by atoms with E-state index < -0.39 is 0 Å². The topological polar surface area (TPSA) is 9.23 Å². The van der Waals surface area contributed by atoms with Crippen LogP contribution in [0.5, 0.6) is 0 Å². The number of ether oxygens (including phenoxy) is 1. The van der Waals surface area contributed by atoms with E-state index in [1.807, 2.05) is 6.92 Å². The van der Waals surface area contributed by atoms with E-state index in [9.17, 15) is 0 Å². The van der Waals surface area contributed by atoms with Crippen LogP contribution < -0.4 is 0 Å². The summed E-state index contributed by atoms with van der Waals surface area (Å²) in [4.78, 5) is 0. The van der Waals surface area contributed by atoms with Gasteiger partial charge in [-0.1, -0.05) is 34.3 Å². The zero-order valence-corrected chi connectivity index (χ0v) is 11.8. The van der Waals surface area contributed by atoms with Gasteiger partial charge in [-0.05, 0) is 5.41 Å². The molecule has 0 aliphatic heterocycles. The zero-order chi connectivity index (χ0) is 9.33. The van der Waals surface area contributed by atoms with Crippen molar-refractivity contribution < 1.29 is 25.8 Å². The Balaban J connectivity index is -0.000000177. The third kappa shape index (κ3) is 31.1. The van der Waals surface area contributed by atoms with Crippen LogP contribution in [0.2, 0.25) is 0 Å². The van der Waals surface area contributed by atoms with Gasteiger partial charge in [0.05, 0.1) is 0 Å². The van der Waals surface area contributed by atoms with Crippen molar-refractivity contribution >= 4 is 0 Å². The van der Waals surface area contributed by atoms with Gasteiger partial charge in [0.1, 0.15) is 0 Å². The minimum absolute atomic E-state index is 0. The molecule has 0 aromatic carbocycles. The fraction of sp³-hybridized carbons (Fsp3) is 0.800. The van der Waals surface area contributed by atoms with Crippen LogP contribution in [-0.4, -0.2) is 13.2 Å². The summed E-state index contributed by atoms with van der Waals surface area (Å²) in [5.74, 6) is 0. The maximum atomic E-state index is 5.09. The second kappa shape index (κ2) is 11.6. The summed E-state index contributed by atoms with van der Waals surface area (Å²) in [7, 11) is 0. The van der Waals surface area contributed by atoms with Crippen LogP contribution in [0.15, 0.2) is 0 Å². The molecule has 0 bridgehead atoms. The molecule has 0 atom stereocenters. The molecule has 0 heterocycles. The van der Waals surface area contributed by atoms with Crippen molar-refractivity contribution in [2.45, 2.75) is 34.1 Å². The van der Waals surface area contributed by atoms with Crippen LogP contribution in [0.3, 0.4) is 0 Å². The van der Waals surface area contributed by atoms with E-state index in [2.05, 4.69) is 34.6 Å². The van der Waals surface area contributed by atoms with Gasteiger partial charge in [-0.15, -0.1) is 0 Å². The van der Waals surface area contributed by atoms with Crippen molar-refractivity contribution in [3.63, 3.8) is 0 Å². The molecule has 0 N–H and O–H groups in total. The van der Waals surface area contributed by atoms with Crippen molar-refractivity contribution in [2.24, 2.45) is 5.41 Å². The molecule has 74 valence electrons. The first-order valence-electron chi connectivity index (χ1n) is 4.14. The first kappa shape index (κ1) is 18.4. The van der Waals surface area contributed by atoms with Crippen LogP contribution >= 0.6 is 0 Å². The molecule has 0 aromatic heterocycles. The van der Waals surface area contributed by atoms with Crippen LogP contribution in [0.4, 0.5) is 0 Å². The van der Waals surface area contributed by atoms with Crippen molar-refractivity contribution in [2.75, 3.05) is 13.2 Å². The van der Waals surface area contributed by atoms with Crippen LogP contribution in [0.25, 0.3) is 0 Å². The van der Waals surface area contributed by atoms with Crippen molar-refractivity contribution in [1.29, 1.82) is 0 Å². The molecule has 0 rings (SSSR count). The quantitative estimate of drug-likeness (QED) is 0.701. The Morgan fingerprint density at radius 3 is 1.58 bits per heavy atom. The summed E-state index contributed by atoms with van der Waals surface area (Å²) in [6, 6.07) is 0. The molecule has 0 aliphatic rings. The fourth-order valence-electron chi connectivity index (χ4n) is 0.378. The van der Waals surface area contributed by atoms with Gasteiger partial charge < -0.3 is 18.6 Å². The van der Waals surface area contributed by atoms with Crippen LogP contribution in [-0.2, 0) is 25.8 Å². The Morgan fingerprint density at radius 2 is 1.50 bits per heavy atom. The van der Waals surface area contributed by atoms with E-state index in [1.54, 1.807) is 0 Å². The van der Waals surface area contributed by atoms with E-state index in [4.69, 9.17) is 4.74 Å². The van der Waals surface area contributed by atoms with Gasteiger partial charge in [-0.2, -0.15) is 6.42 Å². The van der Waals surface area contributed by atoms with Gasteiger partial charge in [-0.3, -0.25) is 0 Å². The SMILES string of the molecule is [CH2-]CC.[CH2-]COCC(C)(C)C.[W+2]. The van der Waals surface area contributed by atoms with Crippen LogP contribution in [0, 0.1) is 19.3 Å². The third-order valence-electron chi connectivity index (χ3n) is 0.679. The molecule has 0 fully saturated rings. The Hall–Kier alpha value is 0.648. The fourth-order valence-corrected chi connectivity index (χ4v) is 0.378. The zero-order valence-electron chi connectivity index (χ0n) is 8.85. The summed E-state index contributed by atoms with van der Waals surface area (Å²) in [5, 5.41) is 0. The van der Waals surface area contributed by atoms with Crippen molar-refractivity contribution in [1.82, 2.24) is 0 Å². The van der Waals surface area contributed by atoms with Gasteiger partial charge in [-0.25, -0.2) is 0 Å². The summed E-state index contributed by atoms with van der Waals surface area (Å²) >= 11 is 0. The molecule has 2 heteroatoms. The number of rotatable bonds is 2. The van der Waals surface area contributed by atoms with Gasteiger partial charge >= 0.3 is 21.1 Å². The van der Waals surface area contributed by atoms with Gasteiger partial charge in [0.25, 0.3) is 0 Å². The summed E-state index contributed by atoms with van der Waals surface area (Å²) in [5.41, 5.74) is 0.289. The third-order valence-corrected chi connectivity index (χ3v) is 0.679. The van der Waals surface area contributed by atoms with Gasteiger partial charge in [0, 0.05) is 6.61 Å². The average molecular weight is 342 g/mol. The standard InChI is InChI=1S/C7H15O.C3H7.W/c1-5-8-6-7(2,3)4;1-3-2;/h1,5-6H2,2-4H3;1,3H2,2H3;/q2*-1;+2. The first-order chi connectivity index (χ1) is 4.97. The minimum Gasteiger partial charge on any atom is -0.413 e. The van der Waals surface area contributed by atoms with E-state index in [0.29, 0.717) is 6.61 Å². The van der Waals surface area contributed by atoms with E-state index in [-0.39, 0.29) is 26.5 Å². The first-order valence-corrected chi connectivity index (χ1v) is 4.14. The predicted octanol–water partition coefficient (Wildman–Crippen LogP) is 3.11. The van der Waals surface area contributed by atoms with E-state index >= 15 is 0 Å². The summed E-state index contributed by atoms with van der Waals surface area (Å²) in [6.07, 6.45) is 1.00. The minimum atomic E-state index is 0. The molecule has 0 aromatic rings. The summed E-state index contributed by atoms with van der Waals surface area (Å²) < 4.78 is 5.09. The maximum absolute atomic E-state index is 5.09. The van der Waals surface area contributed by atoms with E-state index in [0.717, 1.165) is 13.0 Å². The second-order valence-corrected chi connectivity index (χ2v) is 3.61. The Morgan fingerprint density at radius 1 is 1.17 bits per heavy atom. The molecule has 0 spiro atoms. The number of hydrogen-bond acceptors (Lipinski definition) is 1. The monoisotopic (exact) mass is 342 g/mol. The molecule has 0 saturated carbocycles. The molecule has 0 aliphatic carbocycles. The average Bonchev–Trinajstić information content (AvgIpc) is 1.84.